The minimum absolute atomic E-state index is 1.02. The van der Waals surface area contributed by atoms with Crippen molar-refractivity contribution in [3.8, 4) is 0 Å². The normalized spacial score (nSPS) is 9.25. The average Bonchev–Trinajstić information content (AvgIpc) is 2.31. The summed E-state index contributed by atoms with van der Waals surface area (Å²) in [7, 11) is 0. The summed E-state index contributed by atoms with van der Waals surface area (Å²) in [6.45, 7) is 0. The van der Waals surface area contributed by atoms with Crippen molar-refractivity contribution in [1.29, 1.82) is 0 Å². The van der Waals surface area contributed by atoms with Crippen LogP contribution in [-0.2, 0) is 5.09 Å². The van der Waals surface area contributed by atoms with Gasteiger partial charge in [-0.05, 0) is 12.1 Å². The molecule has 0 spiro atoms. The van der Waals surface area contributed by atoms with Gasteiger partial charge in [-0.2, -0.15) is 0 Å². The van der Waals surface area contributed by atoms with Gasteiger partial charge in [0.2, 0.25) is 0 Å². The Kier molecular flexibility index (Phi) is 6.83. The van der Waals surface area contributed by atoms with Crippen molar-refractivity contribution in [3.05, 3.63) is 60.2 Å². The maximum absolute atomic E-state index is 4.28. The molecule has 0 aromatic heterocycles. The fourth-order valence-electron chi connectivity index (χ4n) is 1.24. The van der Waals surface area contributed by atoms with Crippen molar-refractivity contribution in [1.82, 2.24) is 0 Å². The molecule has 0 saturated carbocycles. The summed E-state index contributed by atoms with van der Waals surface area (Å²) >= 11 is 10.5. The van der Waals surface area contributed by atoms with Crippen molar-refractivity contribution in [2.45, 2.75) is 14.9 Å². The molecule has 0 radical (unpaired) electrons. The number of thiol groups is 2. The van der Waals surface area contributed by atoms with E-state index in [1.165, 1.54) is 5.56 Å². The van der Waals surface area contributed by atoms with Crippen LogP contribution in [0.25, 0.3) is 0 Å². The molecule has 78 valence electrons. The third-order valence-electron chi connectivity index (χ3n) is 2.13. The molecule has 0 amide bonds. The first-order valence-electron chi connectivity index (χ1n) is 5.25. The Morgan fingerprint density at radius 1 is 0.812 bits per heavy atom. The van der Waals surface area contributed by atoms with Crippen LogP contribution >= 0.6 is 25.3 Å². The van der Waals surface area contributed by atoms with E-state index in [0.29, 0.717) is 0 Å². The van der Waals surface area contributed by atoms with Crippen LogP contribution in [0.1, 0.15) is 5.56 Å². The predicted octanol–water partition coefficient (Wildman–Crippen LogP) is 3.62. The van der Waals surface area contributed by atoms with Gasteiger partial charge < -0.3 is 0 Å². The molecule has 3 heteroatoms. The Hall–Kier alpha value is -0.263. The number of benzene rings is 2. The third kappa shape index (κ3) is 5.18. The quantitative estimate of drug-likeness (QED) is 0.552. The Labute approximate surface area is 117 Å². The van der Waals surface area contributed by atoms with Crippen molar-refractivity contribution in [2.24, 2.45) is 0 Å². The second-order valence-electron chi connectivity index (χ2n) is 3.32. The van der Waals surface area contributed by atoms with E-state index in [-0.39, 0.29) is 0 Å². The molecular weight excluding hydrogens is 227 g/mol. The summed E-state index contributed by atoms with van der Waals surface area (Å²) in [6, 6.07) is 17.9. The van der Waals surface area contributed by atoms with Crippen LogP contribution in [0.4, 0.5) is 0 Å². The van der Waals surface area contributed by atoms with Crippen molar-refractivity contribution in [2.75, 3.05) is 0 Å². The molecule has 0 heterocycles. The number of hydrogen-bond acceptors (Lipinski definition) is 2. The first-order chi connectivity index (χ1) is 7.74. The van der Waals surface area contributed by atoms with E-state index in [9.17, 15) is 0 Å². The Bertz CT molecular complexity index is 415. The monoisotopic (exact) mass is 240 g/mol. The van der Waals surface area contributed by atoms with Gasteiger partial charge in [0.05, 0.1) is 0 Å². The van der Waals surface area contributed by atoms with Gasteiger partial charge in [-0.1, -0.05) is 18.2 Å². The minimum atomic E-state index is 1.02. The molecule has 0 nitrogen and oxygen atoms in total. The first-order valence-corrected chi connectivity index (χ1v) is 6.14. The van der Waals surface area contributed by atoms with E-state index < -0.39 is 0 Å². The summed E-state index contributed by atoms with van der Waals surface area (Å²) in [6.07, 6.45) is 0. The van der Waals surface area contributed by atoms with Crippen LogP contribution in [0.2, 0.25) is 0 Å². The van der Waals surface area contributed by atoms with Crippen molar-refractivity contribution >= 4 is 43.0 Å². The summed E-state index contributed by atoms with van der Waals surface area (Å²) < 4.78 is 0. The van der Waals surface area contributed by atoms with E-state index in [2.05, 4.69) is 49.0 Å². The maximum atomic E-state index is 4.28. The fourth-order valence-corrected chi connectivity index (χ4v) is 1.73. The van der Waals surface area contributed by atoms with Crippen molar-refractivity contribution in [3.63, 3.8) is 0 Å². The topological polar surface area (TPSA) is 0 Å². The van der Waals surface area contributed by atoms with E-state index >= 15 is 0 Å². The van der Waals surface area contributed by atoms with E-state index in [1.807, 2.05) is 48.5 Å². The van der Waals surface area contributed by atoms with Crippen LogP contribution in [0, 0.1) is 0 Å². The average molecular weight is 240 g/mol. The van der Waals surface area contributed by atoms with Gasteiger partial charge in [-0.25, -0.2) is 0 Å². The molecule has 2 aromatic rings. The van der Waals surface area contributed by atoms with Gasteiger partial charge in [0, 0.05) is 4.90 Å². The van der Waals surface area contributed by atoms with Gasteiger partial charge in [0.1, 0.15) is 0 Å². The standard InChI is InChI=1S/C7H7S.C6H6S.Li/c1-6-4-2-3-5-7(6)8;7-6-4-2-1-3-5-6;/h2-5,8H,1H2;1-5,7H;. The predicted molar refractivity (Wildman–Crippen MR) is 76.8 cm³/mol. The van der Waals surface area contributed by atoms with Crippen LogP contribution in [0.5, 0.6) is 0 Å². The SMILES string of the molecule is Sc1ccccc1.[Li][CH2]c1ccccc1S. The molecule has 0 fully saturated rings. The van der Waals surface area contributed by atoms with Gasteiger partial charge in [0.15, 0.2) is 0 Å². The Morgan fingerprint density at radius 2 is 1.38 bits per heavy atom. The number of hydrogen-bond donors (Lipinski definition) is 2. The van der Waals surface area contributed by atoms with Crippen LogP contribution in [0.15, 0.2) is 64.4 Å². The molecule has 2 rings (SSSR count). The Morgan fingerprint density at radius 3 is 1.75 bits per heavy atom. The second-order valence-corrected chi connectivity index (χ2v) is 4.32. The third-order valence-corrected chi connectivity index (χ3v) is 2.86. The molecule has 0 aliphatic carbocycles. The summed E-state index contributed by atoms with van der Waals surface area (Å²) in [5, 5.41) is 1.07. The molecule has 0 N–H and O–H groups in total. The van der Waals surface area contributed by atoms with Gasteiger partial charge in [-0.15, -0.1) is 12.6 Å². The first kappa shape index (κ1) is 13.8. The zero-order valence-corrected chi connectivity index (χ0v) is 11.1. The van der Waals surface area contributed by atoms with Crippen LogP contribution < -0.4 is 0 Å². The molecule has 0 aliphatic rings. The van der Waals surface area contributed by atoms with Gasteiger partial charge in [-0.3, -0.25) is 0 Å². The van der Waals surface area contributed by atoms with Gasteiger partial charge >= 0.3 is 70.2 Å². The zero-order chi connectivity index (χ0) is 11.8. The molecule has 0 aliphatic heterocycles. The molecule has 0 bridgehead atoms. The fraction of sp³-hybridized carbons (Fsp3) is 0.0769. The van der Waals surface area contributed by atoms with E-state index in [1.54, 1.807) is 0 Å². The van der Waals surface area contributed by atoms with Crippen molar-refractivity contribution < 1.29 is 0 Å². The molecular formula is C13H13LiS2. The molecule has 0 saturated heterocycles. The van der Waals surface area contributed by atoms with E-state index in [0.717, 1.165) is 14.9 Å². The molecule has 0 unspecified atom stereocenters. The Balaban J connectivity index is 0.000000165. The zero-order valence-electron chi connectivity index (χ0n) is 9.30. The summed E-state index contributed by atoms with van der Waals surface area (Å²) in [4.78, 5) is 2.11. The summed E-state index contributed by atoms with van der Waals surface area (Å²) in [5.74, 6) is 0. The molecule has 2 aromatic carbocycles. The van der Waals surface area contributed by atoms with Crippen LogP contribution in [0.3, 0.4) is 0 Å². The molecule has 16 heavy (non-hydrogen) atoms. The number of rotatable bonds is 1. The summed E-state index contributed by atoms with van der Waals surface area (Å²) in [5.41, 5.74) is 1.32. The molecule has 0 atom stereocenters. The van der Waals surface area contributed by atoms with Crippen LogP contribution in [-0.4, -0.2) is 17.7 Å². The second kappa shape index (κ2) is 7.92. The van der Waals surface area contributed by atoms with E-state index in [4.69, 9.17) is 0 Å². The van der Waals surface area contributed by atoms with Gasteiger partial charge in [0.25, 0.3) is 0 Å².